The van der Waals surface area contributed by atoms with Crippen molar-refractivity contribution >= 4 is 33.3 Å². The number of pyridine rings is 1. The van der Waals surface area contributed by atoms with Gasteiger partial charge in [0.05, 0.1) is 5.52 Å². The molecule has 0 atom stereocenters. The minimum Gasteiger partial charge on any atom is -0.296 e. The van der Waals surface area contributed by atoms with Crippen LogP contribution >= 0.6 is 11.3 Å². The van der Waals surface area contributed by atoms with E-state index >= 15 is 0 Å². The van der Waals surface area contributed by atoms with Crippen LogP contribution in [0.15, 0.2) is 36.5 Å². The van der Waals surface area contributed by atoms with Gasteiger partial charge in [-0.2, -0.15) is 0 Å². The summed E-state index contributed by atoms with van der Waals surface area (Å²) in [7, 11) is 0. The first-order chi connectivity index (χ1) is 11.2. The predicted molar refractivity (Wildman–Crippen MR) is 92.9 cm³/mol. The quantitative estimate of drug-likeness (QED) is 0.761. The van der Waals surface area contributed by atoms with E-state index < -0.39 is 0 Å². The molecule has 3 rings (SSSR count). The van der Waals surface area contributed by atoms with E-state index in [2.05, 4.69) is 34.3 Å². The molecule has 2 aromatic heterocycles. The van der Waals surface area contributed by atoms with Crippen molar-refractivity contribution in [1.82, 2.24) is 15.2 Å². The number of fused-ring (bicyclic) bond motifs is 1. The molecule has 0 bridgehead atoms. The van der Waals surface area contributed by atoms with Gasteiger partial charge in [-0.3, -0.25) is 15.1 Å². The molecule has 0 fully saturated rings. The monoisotopic (exact) mass is 326 g/mol. The van der Waals surface area contributed by atoms with Crippen LogP contribution in [0, 0.1) is 0 Å². The van der Waals surface area contributed by atoms with E-state index in [0.29, 0.717) is 16.6 Å². The molecule has 0 aliphatic rings. The van der Waals surface area contributed by atoms with Crippen LogP contribution in [-0.2, 0) is 0 Å². The van der Waals surface area contributed by atoms with Crippen molar-refractivity contribution < 1.29 is 4.79 Å². The third kappa shape index (κ3) is 3.22. The number of aromatic nitrogens is 3. The fourth-order valence-electron chi connectivity index (χ4n) is 2.55. The second-order valence-electron chi connectivity index (χ2n) is 5.29. The van der Waals surface area contributed by atoms with Crippen LogP contribution in [0.1, 0.15) is 48.0 Å². The van der Waals surface area contributed by atoms with Crippen LogP contribution in [0.2, 0.25) is 0 Å². The smallest absolute Gasteiger partial charge is 0.258 e. The number of nitrogens with zero attached hydrogens (tertiary/aromatic N) is 3. The SMILES string of the molecule is CCC(CC)c1nnc(NC(=O)c2cccc3ncccc23)s1. The minimum atomic E-state index is -0.184. The molecule has 23 heavy (non-hydrogen) atoms. The average Bonchev–Trinajstić information content (AvgIpc) is 3.03. The number of anilines is 1. The summed E-state index contributed by atoms with van der Waals surface area (Å²) in [6.45, 7) is 4.27. The average molecular weight is 326 g/mol. The number of benzene rings is 1. The second-order valence-corrected chi connectivity index (χ2v) is 6.30. The van der Waals surface area contributed by atoms with E-state index in [1.165, 1.54) is 11.3 Å². The van der Waals surface area contributed by atoms with Crippen LogP contribution < -0.4 is 5.32 Å². The maximum Gasteiger partial charge on any atom is 0.258 e. The highest BCUT2D eigenvalue weighted by atomic mass is 32.1. The summed E-state index contributed by atoms with van der Waals surface area (Å²) < 4.78 is 0. The van der Waals surface area contributed by atoms with Crippen molar-refractivity contribution in [2.45, 2.75) is 32.6 Å². The van der Waals surface area contributed by atoms with E-state index in [1.807, 2.05) is 24.3 Å². The number of hydrogen-bond acceptors (Lipinski definition) is 5. The molecular formula is C17H18N4OS. The van der Waals surface area contributed by atoms with Crippen LogP contribution in [0.4, 0.5) is 5.13 Å². The van der Waals surface area contributed by atoms with Crippen molar-refractivity contribution in [2.75, 3.05) is 5.32 Å². The molecule has 1 amide bonds. The molecule has 1 aromatic carbocycles. The van der Waals surface area contributed by atoms with Crippen molar-refractivity contribution in [1.29, 1.82) is 0 Å². The molecule has 0 aliphatic heterocycles. The van der Waals surface area contributed by atoms with Gasteiger partial charge >= 0.3 is 0 Å². The summed E-state index contributed by atoms with van der Waals surface area (Å²) in [5, 5.41) is 13.5. The first-order valence-corrected chi connectivity index (χ1v) is 8.53. The lowest BCUT2D eigenvalue weighted by Gasteiger charge is -2.06. The molecular weight excluding hydrogens is 308 g/mol. The molecule has 3 aromatic rings. The van der Waals surface area contributed by atoms with Crippen LogP contribution in [-0.4, -0.2) is 21.1 Å². The minimum absolute atomic E-state index is 0.184. The molecule has 2 heterocycles. The molecule has 6 heteroatoms. The molecule has 0 radical (unpaired) electrons. The normalized spacial score (nSPS) is 11.1. The van der Waals surface area contributed by atoms with E-state index in [-0.39, 0.29) is 5.91 Å². The molecule has 0 aliphatic carbocycles. The van der Waals surface area contributed by atoms with Crippen molar-refractivity contribution in [3.8, 4) is 0 Å². The van der Waals surface area contributed by atoms with Gasteiger partial charge in [0.15, 0.2) is 0 Å². The highest BCUT2D eigenvalue weighted by Gasteiger charge is 2.16. The largest absolute Gasteiger partial charge is 0.296 e. The third-order valence-corrected chi connectivity index (χ3v) is 4.89. The van der Waals surface area contributed by atoms with Gasteiger partial charge in [0.25, 0.3) is 5.91 Å². The lowest BCUT2D eigenvalue weighted by atomic mass is 10.1. The number of rotatable bonds is 5. The molecule has 0 saturated heterocycles. The topological polar surface area (TPSA) is 67.8 Å². The zero-order valence-corrected chi connectivity index (χ0v) is 13.9. The third-order valence-electron chi connectivity index (χ3n) is 3.89. The van der Waals surface area contributed by atoms with Gasteiger partial charge in [-0.15, -0.1) is 10.2 Å². The fourth-order valence-corrected chi connectivity index (χ4v) is 3.56. The Morgan fingerprint density at radius 3 is 2.78 bits per heavy atom. The summed E-state index contributed by atoms with van der Waals surface area (Å²) in [6, 6.07) is 9.24. The van der Waals surface area contributed by atoms with E-state index in [1.54, 1.807) is 12.3 Å². The Hall–Kier alpha value is -2.34. The van der Waals surface area contributed by atoms with E-state index in [4.69, 9.17) is 0 Å². The summed E-state index contributed by atoms with van der Waals surface area (Å²) in [5.41, 5.74) is 1.39. The van der Waals surface area contributed by atoms with Gasteiger partial charge in [0.2, 0.25) is 5.13 Å². The van der Waals surface area contributed by atoms with Crippen LogP contribution in [0.3, 0.4) is 0 Å². The first kappa shape index (κ1) is 15.6. The van der Waals surface area contributed by atoms with E-state index in [9.17, 15) is 4.79 Å². The van der Waals surface area contributed by atoms with Gasteiger partial charge in [0, 0.05) is 23.1 Å². The first-order valence-electron chi connectivity index (χ1n) is 7.71. The highest BCUT2D eigenvalue weighted by Crippen LogP contribution is 2.28. The van der Waals surface area contributed by atoms with Crippen molar-refractivity contribution in [3.05, 3.63) is 47.1 Å². The van der Waals surface area contributed by atoms with E-state index in [0.717, 1.165) is 28.8 Å². The highest BCUT2D eigenvalue weighted by molar-refractivity contribution is 7.15. The van der Waals surface area contributed by atoms with Gasteiger partial charge in [0.1, 0.15) is 5.01 Å². The summed E-state index contributed by atoms with van der Waals surface area (Å²) in [5.74, 6) is 0.218. The Balaban J connectivity index is 1.84. The molecule has 0 spiro atoms. The van der Waals surface area contributed by atoms with Gasteiger partial charge in [-0.25, -0.2) is 0 Å². The van der Waals surface area contributed by atoms with Gasteiger partial charge in [-0.1, -0.05) is 37.3 Å². The predicted octanol–water partition coefficient (Wildman–Crippen LogP) is 4.24. The summed E-state index contributed by atoms with van der Waals surface area (Å²) in [6.07, 6.45) is 3.76. The Kier molecular flexibility index (Phi) is 4.62. The Labute approximate surface area is 138 Å². The molecule has 5 nitrogen and oxygen atoms in total. The number of hydrogen-bond donors (Lipinski definition) is 1. The Morgan fingerprint density at radius 1 is 1.17 bits per heavy atom. The molecule has 0 saturated carbocycles. The zero-order valence-electron chi connectivity index (χ0n) is 13.1. The standard InChI is InChI=1S/C17H18N4OS/c1-3-11(4-2)16-20-21-17(23-16)19-15(22)13-7-5-9-14-12(13)8-6-10-18-14/h5-11H,3-4H2,1-2H3,(H,19,21,22). The number of nitrogens with one attached hydrogen (secondary N) is 1. The number of amides is 1. The molecule has 118 valence electrons. The maximum absolute atomic E-state index is 12.5. The summed E-state index contributed by atoms with van der Waals surface area (Å²) in [4.78, 5) is 16.8. The lowest BCUT2D eigenvalue weighted by Crippen LogP contribution is -2.12. The maximum atomic E-state index is 12.5. The number of carbonyl (C=O) groups excluding carboxylic acids is 1. The van der Waals surface area contributed by atoms with Crippen LogP contribution in [0.25, 0.3) is 10.9 Å². The van der Waals surface area contributed by atoms with Crippen molar-refractivity contribution in [2.24, 2.45) is 0 Å². The second kappa shape index (κ2) is 6.83. The summed E-state index contributed by atoms with van der Waals surface area (Å²) >= 11 is 1.45. The Morgan fingerprint density at radius 2 is 2.00 bits per heavy atom. The number of carbonyl (C=O) groups is 1. The Bertz CT molecular complexity index is 821. The van der Waals surface area contributed by atoms with Gasteiger partial charge in [-0.05, 0) is 31.0 Å². The fraction of sp³-hybridized carbons (Fsp3) is 0.294. The van der Waals surface area contributed by atoms with Crippen LogP contribution in [0.5, 0.6) is 0 Å². The molecule has 0 unspecified atom stereocenters. The zero-order chi connectivity index (χ0) is 16.2. The molecule has 1 N–H and O–H groups in total. The van der Waals surface area contributed by atoms with Crippen molar-refractivity contribution in [3.63, 3.8) is 0 Å². The lowest BCUT2D eigenvalue weighted by molar-refractivity contribution is 0.102. The van der Waals surface area contributed by atoms with Gasteiger partial charge < -0.3 is 0 Å².